The number of carbonyl (C=O) groups is 2. The van der Waals surface area contributed by atoms with Gasteiger partial charge in [0.1, 0.15) is 0 Å². The Balaban J connectivity index is 2.17. The lowest BCUT2D eigenvalue weighted by Gasteiger charge is -2.07. The summed E-state index contributed by atoms with van der Waals surface area (Å²) in [6, 6.07) is 6.81. The number of esters is 1. The van der Waals surface area contributed by atoms with Crippen molar-refractivity contribution in [2.24, 2.45) is 0 Å². The third-order valence-electron chi connectivity index (χ3n) is 2.43. The molecular formula is C12H13N5O3. The van der Waals surface area contributed by atoms with E-state index in [0.29, 0.717) is 17.2 Å². The zero-order valence-electron chi connectivity index (χ0n) is 11.0. The number of hydrogen-bond donors (Lipinski definition) is 1. The molecule has 0 aliphatic rings. The molecule has 0 atom stereocenters. The first kappa shape index (κ1) is 13.7. The fraction of sp³-hybridized carbons (Fsp3) is 0.250. The fourth-order valence-electron chi connectivity index (χ4n) is 1.56. The van der Waals surface area contributed by atoms with Crippen molar-refractivity contribution in [1.29, 1.82) is 0 Å². The van der Waals surface area contributed by atoms with E-state index < -0.39 is 11.9 Å². The van der Waals surface area contributed by atoms with E-state index in [1.54, 1.807) is 38.1 Å². The monoisotopic (exact) mass is 275 g/mol. The number of rotatable bonds is 3. The Morgan fingerprint density at radius 1 is 1.40 bits per heavy atom. The molecule has 0 saturated carbocycles. The van der Waals surface area contributed by atoms with Crippen molar-refractivity contribution in [2.75, 3.05) is 11.9 Å². The topological polar surface area (TPSA) is 99.0 Å². The minimum atomic E-state index is -0.920. The van der Waals surface area contributed by atoms with Gasteiger partial charge in [0.2, 0.25) is 0 Å². The van der Waals surface area contributed by atoms with Crippen LogP contribution in [0, 0.1) is 6.92 Å². The SMILES string of the molecule is CCOC(=O)C(=O)Nc1cccc(-n2nnnc2C)c1. The molecule has 0 aliphatic carbocycles. The lowest BCUT2D eigenvalue weighted by atomic mass is 10.2. The van der Waals surface area contributed by atoms with Crippen LogP contribution in [0.2, 0.25) is 0 Å². The molecule has 8 nitrogen and oxygen atoms in total. The predicted octanol–water partition coefficient (Wildman–Crippen LogP) is 0.472. The lowest BCUT2D eigenvalue weighted by molar-refractivity contribution is -0.152. The highest BCUT2D eigenvalue weighted by atomic mass is 16.5. The summed E-state index contributed by atoms with van der Waals surface area (Å²) in [6.45, 7) is 3.53. The van der Waals surface area contributed by atoms with Crippen molar-refractivity contribution in [3.05, 3.63) is 30.1 Å². The first-order chi connectivity index (χ1) is 9.61. The second kappa shape index (κ2) is 5.91. The van der Waals surface area contributed by atoms with Gasteiger partial charge in [-0.1, -0.05) is 6.07 Å². The van der Waals surface area contributed by atoms with Crippen molar-refractivity contribution in [2.45, 2.75) is 13.8 Å². The molecule has 0 saturated heterocycles. The highest BCUT2D eigenvalue weighted by Crippen LogP contribution is 2.14. The van der Waals surface area contributed by atoms with Crippen molar-refractivity contribution < 1.29 is 14.3 Å². The number of aromatic nitrogens is 4. The molecule has 104 valence electrons. The predicted molar refractivity (Wildman–Crippen MR) is 69.2 cm³/mol. The molecule has 1 amide bonds. The molecule has 2 rings (SSSR count). The van der Waals surface area contributed by atoms with Crippen LogP contribution in [0.3, 0.4) is 0 Å². The van der Waals surface area contributed by atoms with Gasteiger partial charge in [-0.05, 0) is 42.5 Å². The van der Waals surface area contributed by atoms with E-state index in [9.17, 15) is 9.59 Å². The highest BCUT2D eigenvalue weighted by molar-refractivity contribution is 6.37. The lowest BCUT2D eigenvalue weighted by Crippen LogP contribution is -2.25. The van der Waals surface area contributed by atoms with Gasteiger partial charge >= 0.3 is 11.9 Å². The number of anilines is 1. The van der Waals surface area contributed by atoms with Gasteiger partial charge in [-0.2, -0.15) is 4.68 Å². The number of nitrogens with one attached hydrogen (secondary N) is 1. The Kier molecular flexibility index (Phi) is 4.04. The van der Waals surface area contributed by atoms with Gasteiger partial charge in [-0.15, -0.1) is 5.10 Å². The maximum Gasteiger partial charge on any atom is 0.397 e. The third-order valence-corrected chi connectivity index (χ3v) is 2.43. The van der Waals surface area contributed by atoms with Crippen LogP contribution in [0.5, 0.6) is 0 Å². The van der Waals surface area contributed by atoms with Crippen molar-refractivity contribution in [3.63, 3.8) is 0 Å². The molecule has 0 fully saturated rings. The fourth-order valence-corrected chi connectivity index (χ4v) is 1.56. The van der Waals surface area contributed by atoms with Crippen LogP contribution in [0.4, 0.5) is 5.69 Å². The van der Waals surface area contributed by atoms with Crippen LogP contribution in [0.1, 0.15) is 12.7 Å². The Morgan fingerprint density at radius 3 is 2.85 bits per heavy atom. The number of benzene rings is 1. The molecule has 0 bridgehead atoms. The Bertz CT molecular complexity index is 638. The summed E-state index contributed by atoms with van der Waals surface area (Å²) in [7, 11) is 0. The average molecular weight is 275 g/mol. The van der Waals surface area contributed by atoms with Gasteiger partial charge in [0.25, 0.3) is 0 Å². The van der Waals surface area contributed by atoms with Crippen LogP contribution in [0.15, 0.2) is 24.3 Å². The summed E-state index contributed by atoms with van der Waals surface area (Å²) in [5, 5.41) is 13.6. The Hall–Kier alpha value is -2.77. The van der Waals surface area contributed by atoms with Crippen LogP contribution in [-0.4, -0.2) is 38.7 Å². The summed E-state index contributed by atoms with van der Waals surface area (Å²) in [6.07, 6.45) is 0. The molecule has 1 aromatic heterocycles. The molecule has 8 heteroatoms. The molecule has 0 spiro atoms. The van der Waals surface area contributed by atoms with Crippen molar-refractivity contribution >= 4 is 17.6 Å². The molecule has 2 aromatic rings. The Labute approximate surface area is 114 Å². The molecule has 1 N–H and O–H groups in total. The van der Waals surface area contributed by atoms with Gasteiger partial charge in [0.15, 0.2) is 5.82 Å². The van der Waals surface area contributed by atoms with Gasteiger partial charge < -0.3 is 10.1 Å². The molecule has 1 aromatic carbocycles. The smallest absolute Gasteiger partial charge is 0.397 e. The first-order valence-corrected chi connectivity index (χ1v) is 5.95. The summed E-state index contributed by atoms with van der Waals surface area (Å²) >= 11 is 0. The van der Waals surface area contributed by atoms with Crippen LogP contribution in [-0.2, 0) is 14.3 Å². The van der Waals surface area contributed by atoms with Crippen molar-refractivity contribution in [1.82, 2.24) is 20.2 Å². The zero-order chi connectivity index (χ0) is 14.5. The van der Waals surface area contributed by atoms with Crippen LogP contribution >= 0.6 is 0 Å². The van der Waals surface area contributed by atoms with E-state index in [1.165, 1.54) is 4.68 Å². The third kappa shape index (κ3) is 2.97. The molecule has 0 aliphatic heterocycles. The van der Waals surface area contributed by atoms with E-state index in [4.69, 9.17) is 0 Å². The quantitative estimate of drug-likeness (QED) is 0.646. The number of hydrogen-bond acceptors (Lipinski definition) is 6. The summed E-state index contributed by atoms with van der Waals surface area (Å²) in [4.78, 5) is 22.8. The highest BCUT2D eigenvalue weighted by Gasteiger charge is 2.15. The number of amides is 1. The van der Waals surface area contributed by atoms with E-state index in [-0.39, 0.29) is 6.61 Å². The minimum absolute atomic E-state index is 0.149. The molecule has 0 radical (unpaired) electrons. The number of carbonyl (C=O) groups excluding carboxylic acids is 2. The Morgan fingerprint density at radius 2 is 2.20 bits per heavy atom. The summed E-state index contributed by atoms with van der Waals surface area (Å²) in [5.74, 6) is -1.13. The second-order valence-corrected chi connectivity index (χ2v) is 3.86. The van der Waals surface area contributed by atoms with Crippen LogP contribution < -0.4 is 5.32 Å². The van der Waals surface area contributed by atoms with Gasteiger partial charge in [0.05, 0.1) is 12.3 Å². The van der Waals surface area contributed by atoms with Gasteiger partial charge in [0, 0.05) is 5.69 Å². The number of nitrogens with zero attached hydrogens (tertiary/aromatic N) is 4. The van der Waals surface area contributed by atoms with E-state index in [0.717, 1.165) is 0 Å². The van der Waals surface area contributed by atoms with E-state index in [2.05, 4.69) is 25.6 Å². The normalized spacial score (nSPS) is 10.1. The number of ether oxygens (including phenoxy) is 1. The molecule has 1 heterocycles. The minimum Gasteiger partial charge on any atom is -0.459 e. The summed E-state index contributed by atoms with van der Waals surface area (Å²) in [5.41, 5.74) is 1.13. The largest absolute Gasteiger partial charge is 0.459 e. The maximum atomic E-state index is 11.5. The molecule has 0 unspecified atom stereocenters. The van der Waals surface area contributed by atoms with Gasteiger partial charge in [-0.25, -0.2) is 4.79 Å². The maximum absolute atomic E-state index is 11.5. The van der Waals surface area contributed by atoms with Crippen LogP contribution in [0.25, 0.3) is 5.69 Å². The van der Waals surface area contributed by atoms with E-state index >= 15 is 0 Å². The second-order valence-electron chi connectivity index (χ2n) is 3.86. The zero-order valence-corrected chi connectivity index (χ0v) is 11.0. The number of aryl methyl sites for hydroxylation is 1. The molecule has 20 heavy (non-hydrogen) atoms. The standard InChI is InChI=1S/C12H13N5O3/c1-3-20-12(19)11(18)13-9-5-4-6-10(7-9)17-8(2)14-15-16-17/h4-7H,3H2,1-2H3,(H,13,18). The average Bonchev–Trinajstić information content (AvgIpc) is 2.85. The summed E-state index contributed by atoms with van der Waals surface area (Å²) < 4.78 is 6.12. The molecular weight excluding hydrogens is 262 g/mol. The first-order valence-electron chi connectivity index (χ1n) is 5.95. The van der Waals surface area contributed by atoms with E-state index in [1.807, 2.05) is 0 Å². The number of tetrazole rings is 1. The van der Waals surface area contributed by atoms with Gasteiger partial charge in [-0.3, -0.25) is 4.79 Å². The van der Waals surface area contributed by atoms with Crippen molar-refractivity contribution in [3.8, 4) is 5.69 Å².